The summed E-state index contributed by atoms with van der Waals surface area (Å²) in [6.45, 7) is 2.42. The van der Waals surface area contributed by atoms with E-state index in [2.05, 4.69) is 0 Å². The fourth-order valence-corrected chi connectivity index (χ4v) is 2.65. The van der Waals surface area contributed by atoms with Crippen LogP contribution in [-0.4, -0.2) is 52.8 Å². The molecule has 0 atom stereocenters. The van der Waals surface area contributed by atoms with Crippen LogP contribution < -0.4 is 0 Å². The van der Waals surface area contributed by atoms with Gasteiger partial charge in [0.15, 0.2) is 0 Å². The maximum Gasteiger partial charge on any atom is 0.339 e. The number of amides is 2. The smallest absolute Gasteiger partial charge is 0.339 e. The lowest BCUT2D eigenvalue weighted by molar-refractivity contribution is -0.139. The number of likely N-dealkylation sites (N-methyl/N-ethyl adjacent to an activating group) is 1. The molecule has 1 aromatic heterocycles. The van der Waals surface area contributed by atoms with Gasteiger partial charge in [0.25, 0.3) is 0 Å². The SMILES string of the molecule is Cc1oc(CN(C)C(=O)CN2CCCCCC2=O)cc1C(=O)O. The van der Waals surface area contributed by atoms with Crippen molar-refractivity contribution < 1.29 is 23.9 Å². The second-order valence-corrected chi connectivity index (χ2v) is 5.86. The molecule has 126 valence electrons. The molecule has 7 nitrogen and oxygen atoms in total. The standard InChI is InChI=1S/C16H22N2O5/c1-11-13(16(21)22)8-12(23-11)9-17(2)15(20)10-18-7-5-3-4-6-14(18)19/h8H,3-7,9-10H2,1-2H3,(H,21,22). The van der Waals surface area contributed by atoms with Crippen molar-refractivity contribution in [1.29, 1.82) is 0 Å². The molecule has 1 saturated heterocycles. The Kier molecular flexibility index (Phi) is 5.41. The first-order valence-electron chi connectivity index (χ1n) is 7.73. The Bertz CT molecular complexity index is 608. The molecule has 23 heavy (non-hydrogen) atoms. The van der Waals surface area contributed by atoms with Crippen LogP contribution in [0.2, 0.25) is 0 Å². The monoisotopic (exact) mass is 322 g/mol. The van der Waals surface area contributed by atoms with Crippen LogP contribution in [0.3, 0.4) is 0 Å². The molecule has 1 aliphatic heterocycles. The van der Waals surface area contributed by atoms with Crippen molar-refractivity contribution in [2.45, 2.75) is 39.2 Å². The topological polar surface area (TPSA) is 91.1 Å². The molecule has 1 N–H and O–H groups in total. The van der Waals surface area contributed by atoms with Gasteiger partial charge in [0.1, 0.15) is 17.1 Å². The Morgan fingerprint density at radius 1 is 1.35 bits per heavy atom. The van der Waals surface area contributed by atoms with E-state index in [0.717, 1.165) is 19.3 Å². The fraction of sp³-hybridized carbons (Fsp3) is 0.562. The van der Waals surface area contributed by atoms with Gasteiger partial charge in [-0.15, -0.1) is 0 Å². The third-order valence-electron chi connectivity index (χ3n) is 4.02. The lowest BCUT2D eigenvalue weighted by Gasteiger charge is -2.23. The molecule has 0 spiro atoms. The van der Waals surface area contributed by atoms with E-state index in [1.165, 1.54) is 11.0 Å². The van der Waals surface area contributed by atoms with Crippen LogP contribution in [0, 0.1) is 6.92 Å². The Morgan fingerprint density at radius 3 is 2.74 bits per heavy atom. The van der Waals surface area contributed by atoms with Crippen LogP contribution in [0.5, 0.6) is 0 Å². The van der Waals surface area contributed by atoms with Gasteiger partial charge in [0, 0.05) is 20.0 Å². The maximum atomic E-state index is 12.3. The van der Waals surface area contributed by atoms with E-state index in [1.807, 2.05) is 0 Å². The summed E-state index contributed by atoms with van der Waals surface area (Å²) in [6, 6.07) is 1.43. The molecule has 1 fully saturated rings. The predicted molar refractivity (Wildman–Crippen MR) is 81.9 cm³/mol. The molecule has 0 saturated carbocycles. The van der Waals surface area contributed by atoms with Crippen molar-refractivity contribution in [1.82, 2.24) is 9.80 Å². The van der Waals surface area contributed by atoms with E-state index in [9.17, 15) is 14.4 Å². The predicted octanol–water partition coefficient (Wildman–Crippen LogP) is 1.65. The van der Waals surface area contributed by atoms with E-state index in [0.29, 0.717) is 24.5 Å². The minimum atomic E-state index is -1.05. The summed E-state index contributed by atoms with van der Waals surface area (Å²) in [5, 5.41) is 9.01. The number of carbonyl (C=O) groups is 3. The van der Waals surface area contributed by atoms with E-state index >= 15 is 0 Å². The zero-order chi connectivity index (χ0) is 17.0. The van der Waals surface area contributed by atoms with Gasteiger partial charge in [-0.05, 0) is 25.8 Å². The third kappa shape index (κ3) is 4.34. The number of carboxylic acids is 1. The maximum absolute atomic E-state index is 12.3. The Morgan fingerprint density at radius 2 is 2.09 bits per heavy atom. The minimum Gasteiger partial charge on any atom is -0.478 e. The van der Waals surface area contributed by atoms with Crippen molar-refractivity contribution in [2.24, 2.45) is 0 Å². The molecule has 0 aliphatic carbocycles. The van der Waals surface area contributed by atoms with Crippen LogP contribution in [0.15, 0.2) is 10.5 Å². The van der Waals surface area contributed by atoms with Crippen molar-refractivity contribution in [3.8, 4) is 0 Å². The number of likely N-dealkylation sites (tertiary alicyclic amines) is 1. The van der Waals surface area contributed by atoms with Gasteiger partial charge in [0.05, 0.1) is 13.1 Å². The molecular formula is C16H22N2O5. The van der Waals surface area contributed by atoms with Crippen LogP contribution in [0.25, 0.3) is 0 Å². The largest absolute Gasteiger partial charge is 0.478 e. The molecule has 7 heteroatoms. The van der Waals surface area contributed by atoms with E-state index in [4.69, 9.17) is 9.52 Å². The minimum absolute atomic E-state index is 0.0197. The van der Waals surface area contributed by atoms with Crippen LogP contribution in [0.1, 0.15) is 47.6 Å². The number of aromatic carboxylic acids is 1. The summed E-state index contributed by atoms with van der Waals surface area (Å²) in [7, 11) is 1.61. The van der Waals surface area contributed by atoms with Crippen LogP contribution >= 0.6 is 0 Å². The van der Waals surface area contributed by atoms with Crippen LogP contribution in [0.4, 0.5) is 0 Å². The number of hydrogen-bond acceptors (Lipinski definition) is 4. The summed E-state index contributed by atoms with van der Waals surface area (Å²) >= 11 is 0. The van der Waals surface area contributed by atoms with Gasteiger partial charge in [-0.3, -0.25) is 9.59 Å². The van der Waals surface area contributed by atoms with Gasteiger partial charge in [0.2, 0.25) is 11.8 Å². The van der Waals surface area contributed by atoms with Gasteiger partial charge < -0.3 is 19.3 Å². The van der Waals surface area contributed by atoms with E-state index in [-0.39, 0.29) is 30.5 Å². The zero-order valence-corrected chi connectivity index (χ0v) is 13.5. The second kappa shape index (κ2) is 7.30. The van der Waals surface area contributed by atoms with Crippen molar-refractivity contribution in [3.63, 3.8) is 0 Å². The summed E-state index contributed by atoms with van der Waals surface area (Å²) < 4.78 is 5.37. The molecule has 2 heterocycles. The first-order valence-corrected chi connectivity index (χ1v) is 7.73. The van der Waals surface area contributed by atoms with Crippen molar-refractivity contribution in [2.75, 3.05) is 20.1 Å². The van der Waals surface area contributed by atoms with Gasteiger partial charge in [-0.2, -0.15) is 0 Å². The summed E-state index contributed by atoms with van der Waals surface area (Å²) in [6.07, 6.45) is 3.30. The second-order valence-electron chi connectivity index (χ2n) is 5.86. The Balaban J connectivity index is 1.95. The lowest BCUT2D eigenvalue weighted by Crippen LogP contribution is -2.41. The number of rotatable bonds is 5. The molecular weight excluding hydrogens is 300 g/mol. The molecule has 2 rings (SSSR count). The summed E-state index contributed by atoms with van der Waals surface area (Å²) in [4.78, 5) is 38.2. The third-order valence-corrected chi connectivity index (χ3v) is 4.02. The quantitative estimate of drug-likeness (QED) is 0.890. The fourth-order valence-electron chi connectivity index (χ4n) is 2.65. The normalized spacial score (nSPS) is 15.4. The van der Waals surface area contributed by atoms with Crippen molar-refractivity contribution >= 4 is 17.8 Å². The highest BCUT2D eigenvalue weighted by Crippen LogP contribution is 2.16. The highest BCUT2D eigenvalue weighted by atomic mass is 16.4. The number of nitrogens with zero attached hydrogens (tertiary/aromatic N) is 2. The number of hydrogen-bond donors (Lipinski definition) is 1. The Labute approximate surface area is 134 Å². The van der Waals surface area contributed by atoms with Gasteiger partial charge in [-0.1, -0.05) is 6.42 Å². The molecule has 0 aromatic carbocycles. The van der Waals surface area contributed by atoms with Crippen LogP contribution in [-0.2, 0) is 16.1 Å². The zero-order valence-electron chi connectivity index (χ0n) is 13.5. The highest BCUT2D eigenvalue weighted by molar-refractivity contribution is 5.89. The van der Waals surface area contributed by atoms with Gasteiger partial charge in [-0.25, -0.2) is 4.79 Å². The molecule has 1 aromatic rings. The van der Waals surface area contributed by atoms with E-state index in [1.54, 1.807) is 18.9 Å². The first kappa shape index (κ1) is 17.1. The number of carbonyl (C=O) groups excluding carboxylic acids is 2. The molecule has 2 amide bonds. The molecule has 0 unspecified atom stereocenters. The summed E-state index contributed by atoms with van der Waals surface area (Å²) in [5.74, 6) is -0.493. The average molecular weight is 322 g/mol. The molecule has 1 aliphatic rings. The Hall–Kier alpha value is -2.31. The van der Waals surface area contributed by atoms with Gasteiger partial charge >= 0.3 is 5.97 Å². The number of carboxylic acid groups (broad SMARTS) is 1. The highest BCUT2D eigenvalue weighted by Gasteiger charge is 2.22. The number of aryl methyl sites for hydroxylation is 1. The average Bonchev–Trinajstić information content (AvgIpc) is 2.73. The molecule has 0 radical (unpaired) electrons. The number of furan rings is 1. The van der Waals surface area contributed by atoms with Crippen molar-refractivity contribution in [3.05, 3.63) is 23.2 Å². The van der Waals surface area contributed by atoms with E-state index < -0.39 is 5.97 Å². The first-order chi connectivity index (χ1) is 10.9. The molecule has 0 bridgehead atoms. The summed E-state index contributed by atoms with van der Waals surface area (Å²) in [5.41, 5.74) is 0.101. The lowest BCUT2D eigenvalue weighted by atomic mass is 10.2.